The highest BCUT2D eigenvalue weighted by Crippen LogP contribution is 2.23. The number of rotatable bonds is 11. The first-order chi connectivity index (χ1) is 13.8. The van der Waals surface area contributed by atoms with Crippen molar-refractivity contribution in [2.75, 3.05) is 39.6 Å². The van der Waals surface area contributed by atoms with Crippen LogP contribution in [0, 0.1) is 0 Å². The van der Waals surface area contributed by atoms with Crippen molar-refractivity contribution in [1.29, 1.82) is 0 Å². The normalized spacial score (nSPS) is 26.6. The van der Waals surface area contributed by atoms with E-state index < -0.39 is 11.6 Å². The molecule has 29 heavy (non-hydrogen) atoms. The molecule has 0 N–H and O–H groups in total. The van der Waals surface area contributed by atoms with Crippen LogP contribution in [0.4, 0.5) is 0 Å². The molecule has 1 aromatic carbocycles. The molecule has 7 heteroatoms. The molecule has 0 saturated carbocycles. The lowest BCUT2D eigenvalue weighted by Crippen LogP contribution is -2.31. The van der Waals surface area contributed by atoms with E-state index in [4.69, 9.17) is 33.2 Å². The quantitative estimate of drug-likeness (QED) is 0.556. The van der Waals surface area contributed by atoms with Gasteiger partial charge in [0, 0.05) is 0 Å². The van der Waals surface area contributed by atoms with Crippen LogP contribution < -0.4 is 0 Å². The summed E-state index contributed by atoms with van der Waals surface area (Å²) >= 11 is 0. The molecule has 0 bridgehead atoms. The predicted octanol–water partition coefficient (Wildman–Crippen LogP) is 2.91. The zero-order chi connectivity index (χ0) is 20.7. The molecular weight excluding hydrogens is 376 g/mol. The van der Waals surface area contributed by atoms with Gasteiger partial charge in [-0.3, -0.25) is 0 Å². The first-order valence-corrected chi connectivity index (χ1v) is 10.3. The van der Waals surface area contributed by atoms with Crippen LogP contribution in [0.15, 0.2) is 30.3 Å². The summed E-state index contributed by atoms with van der Waals surface area (Å²) in [5.41, 5.74) is 1.11. The van der Waals surface area contributed by atoms with E-state index in [0.717, 1.165) is 5.56 Å². The summed E-state index contributed by atoms with van der Waals surface area (Å²) in [5, 5.41) is 0. The molecule has 0 aliphatic carbocycles. The predicted molar refractivity (Wildman–Crippen MR) is 106 cm³/mol. The molecule has 2 saturated heterocycles. The van der Waals surface area contributed by atoms with E-state index in [0.29, 0.717) is 46.2 Å². The second-order valence-corrected chi connectivity index (χ2v) is 8.39. The van der Waals surface area contributed by atoms with Gasteiger partial charge in [0.2, 0.25) is 0 Å². The van der Waals surface area contributed by atoms with Gasteiger partial charge in [-0.1, -0.05) is 30.3 Å². The minimum atomic E-state index is -0.544. The van der Waals surface area contributed by atoms with Crippen LogP contribution in [0.25, 0.3) is 0 Å². The van der Waals surface area contributed by atoms with Gasteiger partial charge in [-0.15, -0.1) is 0 Å². The summed E-state index contributed by atoms with van der Waals surface area (Å²) in [7, 11) is 0. The average Bonchev–Trinajstić information content (AvgIpc) is 3.20. The summed E-state index contributed by atoms with van der Waals surface area (Å²) in [6, 6.07) is 10.1. The molecule has 0 radical (unpaired) electrons. The molecular formula is C22H34O7. The third-order valence-corrected chi connectivity index (χ3v) is 4.68. The van der Waals surface area contributed by atoms with Crippen LogP contribution in [0.2, 0.25) is 0 Å². The summed E-state index contributed by atoms with van der Waals surface area (Å²) in [4.78, 5) is 0. The van der Waals surface area contributed by atoms with E-state index in [-0.39, 0.29) is 18.3 Å². The number of benzene rings is 1. The highest BCUT2D eigenvalue weighted by atomic mass is 16.8. The Morgan fingerprint density at radius 3 is 1.83 bits per heavy atom. The first-order valence-electron chi connectivity index (χ1n) is 10.3. The molecule has 3 rings (SSSR count). The van der Waals surface area contributed by atoms with Crippen molar-refractivity contribution < 1.29 is 33.2 Å². The monoisotopic (exact) mass is 410 g/mol. The van der Waals surface area contributed by atoms with Gasteiger partial charge in [-0.05, 0) is 33.3 Å². The maximum atomic E-state index is 6.05. The molecule has 2 unspecified atom stereocenters. The molecule has 2 atom stereocenters. The van der Waals surface area contributed by atoms with Gasteiger partial charge >= 0.3 is 0 Å². The molecule has 7 nitrogen and oxygen atoms in total. The number of hydrogen-bond donors (Lipinski definition) is 0. The van der Waals surface area contributed by atoms with Gasteiger partial charge < -0.3 is 33.2 Å². The van der Waals surface area contributed by atoms with Gasteiger partial charge in [0.1, 0.15) is 18.3 Å². The van der Waals surface area contributed by atoms with Crippen LogP contribution in [0.3, 0.4) is 0 Å². The van der Waals surface area contributed by atoms with Crippen LogP contribution in [-0.4, -0.2) is 69.5 Å². The van der Waals surface area contributed by atoms with Gasteiger partial charge in [0.15, 0.2) is 11.6 Å². The second kappa shape index (κ2) is 10.3. The van der Waals surface area contributed by atoms with E-state index in [9.17, 15) is 0 Å². The van der Waals surface area contributed by atoms with E-state index in [1.54, 1.807) is 0 Å². The number of ether oxygens (including phenoxy) is 7. The van der Waals surface area contributed by atoms with Crippen molar-refractivity contribution in [2.24, 2.45) is 0 Å². The molecule has 0 aromatic heterocycles. The van der Waals surface area contributed by atoms with E-state index in [2.05, 4.69) is 0 Å². The van der Waals surface area contributed by atoms with Crippen LogP contribution in [0.5, 0.6) is 0 Å². The van der Waals surface area contributed by atoms with Gasteiger partial charge in [0.05, 0.1) is 46.2 Å². The zero-order valence-corrected chi connectivity index (χ0v) is 17.9. The Bertz CT molecular complexity index is 572. The smallest absolute Gasteiger partial charge is 0.163 e. The van der Waals surface area contributed by atoms with E-state index in [1.807, 2.05) is 58.0 Å². The Hall–Kier alpha value is -1.06. The fourth-order valence-electron chi connectivity index (χ4n) is 3.28. The Labute approximate surface area is 173 Å². The lowest BCUT2D eigenvalue weighted by Gasteiger charge is -2.21. The maximum absolute atomic E-state index is 6.05. The third-order valence-electron chi connectivity index (χ3n) is 4.68. The highest BCUT2D eigenvalue weighted by Gasteiger charge is 2.34. The highest BCUT2D eigenvalue weighted by molar-refractivity contribution is 5.13. The first kappa shape index (κ1) is 22.6. The van der Waals surface area contributed by atoms with Crippen molar-refractivity contribution in [3.63, 3.8) is 0 Å². The topological polar surface area (TPSA) is 64.6 Å². The standard InChI is InChI=1S/C22H34O7/c1-21(2)26-15-19(28-21)13-23-11-18(25-10-17-8-6-5-7-9-17)12-24-14-20-16-27-22(3,4)29-20/h5-9,18-20H,10-16H2,1-4H3. The average molecular weight is 411 g/mol. The largest absolute Gasteiger partial charge is 0.376 e. The van der Waals surface area contributed by atoms with Crippen molar-refractivity contribution in [3.05, 3.63) is 35.9 Å². The van der Waals surface area contributed by atoms with Crippen molar-refractivity contribution >= 4 is 0 Å². The summed E-state index contributed by atoms with van der Waals surface area (Å²) in [6.45, 7) is 11.0. The van der Waals surface area contributed by atoms with E-state index in [1.165, 1.54) is 0 Å². The lowest BCUT2D eigenvalue weighted by molar-refractivity contribution is -0.152. The molecule has 0 spiro atoms. The fourth-order valence-corrected chi connectivity index (χ4v) is 3.28. The maximum Gasteiger partial charge on any atom is 0.163 e. The summed E-state index contributed by atoms with van der Waals surface area (Å²) in [5.74, 6) is -1.09. The molecule has 1 aromatic rings. The fraction of sp³-hybridized carbons (Fsp3) is 0.727. The molecule has 164 valence electrons. The second-order valence-electron chi connectivity index (χ2n) is 8.39. The Morgan fingerprint density at radius 2 is 1.38 bits per heavy atom. The molecule has 2 aliphatic rings. The Kier molecular flexibility index (Phi) is 8.04. The van der Waals surface area contributed by atoms with Crippen LogP contribution in [0.1, 0.15) is 33.3 Å². The van der Waals surface area contributed by atoms with Crippen LogP contribution >= 0.6 is 0 Å². The number of hydrogen-bond acceptors (Lipinski definition) is 7. The van der Waals surface area contributed by atoms with Crippen molar-refractivity contribution in [2.45, 2.75) is 64.2 Å². The molecule has 2 heterocycles. The minimum absolute atomic E-state index is 0.0630. The molecule has 2 aliphatic heterocycles. The molecule has 2 fully saturated rings. The van der Waals surface area contributed by atoms with Gasteiger partial charge in [0.25, 0.3) is 0 Å². The zero-order valence-electron chi connectivity index (χ0n) is 17.9. The van der Waals surface area contributed by atoms with Crippen LogP contribution in [-0.2, 0) is 39.8 Å². The van der Waals surface area contributed by atoms with Crippen molar-refractivity contribution in [1.82, 2.24) is 0 Å². The Balaban J connectivity index is 1.41. The molecule has 0 amide bonds. The summed E-state index contributed by atoms with van der Waals surface area (Å²) in [6.07, 6.45) is -0.320. The summed E-state index contributed by atoms with van der Waals surface area (Å²) < 4.78 is 40.4. The van der Waals surface area contributed by atoms with Gasteiger partial charge in [-0.2, -0.15) is 0 Å². The van der Waals surface area contributed by atoms with Gasteiger partial charge in [-0.25, -0.2) is 0 Å². The third kappa shape index (κ3) is 7.94. The lowest BCUT2D eigenvalue weighted by atomic mass is 10.2. The minimum Gasteiger partial charge on any atom is -0.376 e. The SMILES string of the molecule is CC1(C)OCC(COCC(COCC2COC(C)(C)O2)OCc2ccccc2)O1. The van der Waals surface area contributed by atoms with Crippen molar-refractivity contribution in [3.8, 4) is 0 Å². The van der Waals surface area contributed by atoms with E-state index >= 15 is 0 Å². The Morgan fingerprint density at radius 1 is 0.862 bits per heavy atom.